The number of carbonyl (C=O) groups excluding carboxylic acids is 1. The highest BCUT2D eigenvalue weighted by Crippen LogP contribution is 2.23. The van der Waals surface area contributed by atoms with Crippen molar-refractivity contribution in [1.82, 2.24) is 14.5 Å². The van der Waals surface area contributed by atoms with Gasteiger partial charge in [0.1, 0.15) is 0 Å². The summed E-state index contributed by atoms with van der Waals surface area (Å²) in [5, 5.41) is 10.3. The molecule has 3 rings (SSSR count). The molecule has 0 aliphatic heterocycles. The lowest BCUT2D eigenvalue weighted by molar-refractivity contribution is -0.115. The van der Waals surface area contributed by atoms with Gasteiger partial charge in [0, 0.05) is 19.7 Å². The molecule has 0 saturated carbocycles. The van der Waals surface area contributed by atoms with Crippen LogP contribution in [0.2, 0.25) is 0 Å². The van der Waals surface area contributed by atoms with Crippen LogP contribution in [0.3, 0.4) is 0 Å². The van der Waals surface area contributed by atoms with Crippen LogP contribution in [0.5, 0.6) is 0 Å². The zero-order chi connectivity index (χ0) is 21.2. The Morgan fingerprint density at radius 3 is 2.34 bits per heavy atom. The molecule has 0 saturated heterocycles. The van der Waals surface area contributed by atoms with Gasteiger partial charge in [-0.15, -0.1) is 5.10 Å². The molecule has 0 unspecified atom stereocenters. The first-order valence-corrected chi connectivity index (χ1v) is 10.3. The zero-order valence-corrected chi connectivity index (χ0v) is 17.4. The van der Waals surface area contributed by atoms with Crippen molar-refractivity contribution < 1.29 is 17.6 Å². The molecule has 0 fully saturated rings. The normalized spacial score (nSPS) is 11.6. The number of amides is 1. The largest absolute Gasteiger partial charge is 0.403 e. The lowest BCUT2D eigenvalue weighted by atomic mass is 10.0. The van der Waals surface area contributed by atoms with Gasteiger partial charge < -0.3 is 4.42 Å². The number of sulfonamides is 1. The number of anilines is 1. The number of hydrogen-bond acceptors (Lipinski definition) is 6. The van der Waals surface area contributed by atoms with E-state index in [0.717, 1.165) is 15.4 Å². The highest BCUT2D eigenvalue weighted by molar-refractivity contribution is 7.89. The standard InChI is InChI=1S/C20H22N4O4S/c1-13-5-6-15(11-14(13)2)12-18(25)21-20-23-22-19(28-20)16-7-9-17(10-8-16)29(26,27)24(3)4/h5-11H,12H2,1-4H3,(H,21,23,25). The van der Waals surface area contributed by atoms with Gasteiger partial charge in [-0.25, -0.2) is 12.7 Å². The molecule has 1 aromatic heterocycles. The zero-order valence-electron chi connectivity index (χ0n) is 16.6. The SMILES string of the molecule is Cc1ccc(CC(=O)Nc2nnc(-c3ccc(S(=O)(=O)N(C)C)cc3)o2)cc1C. The van der Waals surface area contributed by atoms with Gasteiger partial charge in [0.2, 0.25) is 21.8 Å². The Bertz CT molecular complexity index is 1140. The Balaban J connectivity index is 1.69. The summed E-state index contributed by atoms with van der Waals surface area (Å²) in [6.07, 6.45) is 0.190. The van der Waals surface area contributed by atoms with Gasteiger partial charge in [0.05, 0.1) is 11.3 Å². The summed E-state index contributed by atoms with van der Waals surface area (Å²) in [5.74, 6) is -0.0869. The average molecular weight is 414 g/mol. The molecule has 8 nitrogen and oxygen atoms in total. The van der Waals surface area contributed by atoms with E-state index in [0.29, 0.717) is 5.56 Å². The first kappa shape index (κ1) is 20.7. The summed E-state index contributed by atoms with van der Waals surface area (Å²) in [4.78, 5) is 12.4. The van der Waals surface area contributed by atoms with Gasteiger partial charge in [0.15, 0.2) is 0 Å². The summed E-state index contributed by atoms with van der Waals surface area (Å²) in [6, 6.07) is 11.9. The van der Waals surface area contributed by atoms with Gasteiger partial charge in [-0.1, -0.05) is 23.3 Å². The van der Waals surface area contributed by atoms with Crippen molar-refractivity contribution >= 4 is 21.9 Å². The maximum Gasteiger partial charge on any atom is 0.322 e. The minimum absolute atomic E-state index is 0.0150. The summed E-state index contributed by atoms with van der Waals surface area (Å²) in [5.41, 5.74) is 3.73. The van der Waals surface area contributed by atoms with Crippen LogP contribution in [0.25, 0.3) is 11.5 Å². The topological polar surface area (TPSA) is 105 Å². The van der Waals surface area contributed by atoms with Crippen LogP contribution < -0.4 is 5.32 Å². The first-order valence-electron chi connectivity index (χ1n) is 8.89. The molecule has 29 heavy (non-hydrogen) atoms. The molecule has 2 aromatic carbocycles. The van der Waals surface area contributed by atoms with Crippen LogP contribution in [0.1, 0.15) is 16.7 Å². The van der Waals surface area contributed by atoms with Crippen molar-refractivity contribution in [2.45, 2.75) is 25.2 Å². The number of aromatic nitrogens is 2. The third-order valence-corrected chi connectivity index (χ3v) is 6.32. The van der Waals surface area contributed by atoms with Crippen molar-refractivity contribution in [3.05, 3.63) is 59.2 Å². The van der Waals surface area contributed by atoms with Crippen LogP contribution in [-0.4, -0.2) is 42.9 Å². The number of nitrogens with zero attached hydrogens (tertiary/aromatic N) is 3. The molecule has 0 atom stereocenters. The van der Waals surface area contributed by atoms with E-state index < -0.39 is 10.0 Å². The lowest BCUT2D eigenvalue weighted by Gasteiger charge is -2.11. The Morgan fingerprint density at radius 2 is 1.72 bits per heavy atom. The van der Waals surface area contributed by atoms with Crippen LogP contribution >= 0.6 is 0 Å². The highest BCUT2D eigenvalue weighted by atomic mass is 32.2. The third kappa shape index (κ3) is 4.69. The Kier molecular flexibility index (Phi) is 5.81. The van der Waals surface area contributed by atoms with E-state index in [1.165, 1.54) is 31.8 Å². The smallest absolute Gasteiger partial charge is 0.322 e. The van der Waals surface area contributed by atoms with Crippen molar-refractivity contribution in [1.29, 1.82) is 0 Å². The minimum Gasteiger partial charge on any atom is -0.403 e. The van der Waals surface area contributed by atoms with E-state index >= 15 is 0 Å². The maximum atomic E-state index is 12.2. The fourth-order valence-corrected chi connectivity index (χ4v) is 3.53. The predicted molar refractivity (Wildman–Crippen MR) is 109 cm³/mol. The van der Waals surface area contributed by atoms with E-state index in [2.05, 4.69) is 15.5 Å². The molecule has 0 aliphatic rings. The molecule has 3 aromatic rings. The molecule has 152 valence electrons. The summed E-state index contributed by atoms with van der Waals surface area (Å²) < 4.78 is 30.9. The highest BCUT2D eigenvalue weighted by Gasteiger charge is 2.18. The first-order chi connectivity index (χ1) is 13.7. The molecular formula is C20H22N4O4S. The predicted octanol–water partition coefficient (Wildman–Crippen LogP) is 2.78. The summed E-state index contributed by atoms with van der Waals surface area (Å²) >= 11 is 0. The van der Waals surface area contributed by atoms with Gasteiger partial charge in [-0.05, 0) is 54.8 Å². The second-order valence-electron chi connectivity index (χ2n) is 6.87. The molecule has 0 bridgehead atoms. The maximum absolute atomic E-state index is 12.2. The van der Waals surface area contributed by atoms with Crippen molar-refractivity contribution in [3.8, 4) is 11.5 Å². The Labute approximate surface area is 169 Å². The average Bonchev–Trinajstić information content (AvgIpc) is 3.13. The van der Waals surface area contributed by atoms with E-state index in [1.54, 1.807) is 12.1 Å². The molecule has 0 aliphatic carbocycles. The number of hydrogen-bond donors (Lipinski definition) is 1. The Hall–Kier alpha value is -3.04. The van der Waals surface area contributed by atoms with Crippen LogP contribution in [-0.2, 0) is 21.2 Å². The second-order valence-corrected chi connectivity index (χ2v) is 9.02. The fraction of sp³-hybridized carbons (Fsp3) is 0.250. The van der Waals surface area contributed by atoms with Crippen LogP contribution in [0.4, 0.5) is 6.01 Å². The number of benzene rings is 2. The van der Waals surface area contributed by atoms with Crippen LogP contribution in [0.15, 0.2) is 51.8 Å². The number of aryl methyl sites for hydroxylation is 2. The molecule has 1 amide bonds. The van der Waals surface area contributed by atoms with Gasteiger partial charge in [-0.3, -0.25) is 10.1 Å². The van der Waals surface area contributed by atoms with Gasteiger partial charge in [0.25, 0.3) is 0 Å². The third-order valence-electron chi connectivity index (χ3n) is 4.49. The molecule has 0 spiro atoms. The van der Waals surface area contributed by atoms with Crippen molar-refractivity contribution in [2.75, 3.05) is 19.4 Å². The van der Waals surface area contributed by atoms with Gasteiger partial charge in [-0.2, -0.15) is 0 Å². The van der Waals surface area contributed by atoms with Crippen molar-refractivity contribution in [3.63, 3.8) is 0 Å². The minimum atomic E-state index is -3.51. The second kappa shape index (κ2) is 8.14. The van der Waals surface area contributed by atoms with E-state index in [1.807, 2.05) is 32.0 Å². The van der Waals surface area contributed by atoms with E-state index in [-0.39, 0.29) is 29.1 Å². The number of rotatable bonds is 6. The van der Waals surface area contributed by atoms with Crippen LogP contribution in [0, 0.1) is 13.8 Å². The summed E-state index contributed by atoms with van der Waals surface area (Å²) in [7, 11) is -0.580. The van der Waals surface area contributed by atoms with Gasteiger partial charge >= 0.3 is 6.01 Å². The number of nitrogens with one attached hydrogen (secondary N) is 1. The number of carbonyl (C=O) groups is 1. The molecule has 9 heteroatoms. The van der Waals surface area contributed by atoms with Crippen molar-refractivity contribution in [2.24, 2.45) is 0 Å². The molecule has 0 radical (unpaired) electrons. The lowest BCUT2D eigenvalue weighted by Crippen LogP contribution is -2.22. The molecular weight excluding hydrogens is 392 g/mol. The van der Waals surface area contributed by atoms with E-state index in [9.17, 15) is 13.2 Å². The quantitative estimate of drug-likeness (QED) is 0.665. The monoisotopic (exact) mass is 414 g/mol. The molecule has 1 N–H and O–H groups in total. The fourth-order valence-electron chi connectivity index (χ4n) is 2.63. The van der Waals surface area contributed by atoms with E-state index in [4.69, 9.17) is 4.42 Å². The Morgan fingerprint density at radius 1 is 1.03 bits per heavy atom. The molecule has 1 heterocycles. The summed E-state index contributed by atoms with van der Waals surface area (Å²) in [6.45, 7) is 4.01.